The predicted molar refractivity (Wildman–Crippen MR) is 119 cm³/mol. The van der Waals surface area contributed by atoms with Crippen LogP contribution >= 0.6 is 11.3 Å². The molecule has 1 fully saturated rings. The summed E-state index contributed by atoms with van der Waals surface area (Å²) in [5, 5.41) is 3.20. The van der Waals surface area contributed by atoms with Crippen LogP contribution in [0.5, 0.6) is 0 Å². The Morgan fingerprint density at radius 2 is 1.94 bits per heavy atom. The number of nitrogens with one attached hydrogen (secondary N) is 1. The number of halogens is 6. The summed E-state index contributed by atoms with van der Waals surface area (Å²) in [5.41, 5.74) is -1.02. The Morgan fingerprint density at radius 3 is 2.58 bits per heavy atom. The van der Waals surface area contributed by atoms with Gasteiger partial charge in [0.2, 0.25) is 5.95 Å². The number of aryl methyl sites for hydroxylation is 1. The van der Waals surface area contributed by atoms with Gasteiger partial charge in [-0.1, -0.05) is 6.92 Å². The minimum atomic E-state index is -4.61. The number of likely N-dealkylation sites (tertiary alicyclic amines) is 1. The number of pyridine rings is 1. The number of hydrogen-bond acceptors (Lipinski definition) is 7. The molecular weight excluding hydrogens is 510 g/mol. The third-order valence-corrected chi connectivity index (χ3v) is 6.67. The quantitative estimate of drug-likeness (QED) is 0.465. The van der Waals surface area contributed by atoms with E-state index in [9.17, 15) is 31.1 Å². The van der Waals surface area contributed by atoms with Gasteiger partial charge < -0.3 is 10.2 Å². The molecule has 0 radical (unpaired) electrons. The van der Waals surface area contributed by atoms with Crippen LogP contribution in [0, 0.1) is 18.7 Å². The molecule has 0 spiro atoms. The molecule has 0 bridgehead atoms. The highest BCUT2D eigenvalue weighted by molar-refractivity contribution is 7.15. The van der Waals surface area contributed by atoms with E-state index in [1.54, 1.807) is 13.8 Å². The normalized spacial score (nSPS) is 19.8. The predicted octanol–water partition coefficient (Wildman–Crippen LogP) is 5.06. The van der Waals surface area contributed by atoms with Gasteiger partial charge in [0.1, 0.15) is 11.5 Å². The van der Waals surface area contributed by atoms with Crippen LogP contribution in [0.25, 0.3) is 10.6 Å². The van der Waals surface area contributed by atoms with Gasteiger partial charge in [0.25, 0.3) is 11.8 Å². The molecule has 4 heterocycles. The first-order valence-electron chi connectivity index (χ1n) is 10.8. The number of thiazole rings is 1. The van der Waals surface area contributed by atoms with E-state index < -0.39 is 54.3 Å². The number of piperidine rings is 1. The Kier molecular flexibility index (Phi) is 6.90. The number of carbonyl (C=O) groups is 1. The summed E-state index contributed by atoms with van der Waals surface area (Å²) in [6.45, 7) is 2.20. The molecule has 1 amide bonds. The van der Waals surface area contributed by atoms with E-state index in [1.165, 1.54) is 6.20 Å². The summed E-state index contributed by atoms with van der Waals surface area (Å²) in [5.74, 6) is -5.36. The highest BCUT2D eigenvalue weighted by Crippen LogP contribution is 2.37. The molecule has 3 aromatic rings. The van der Waals surface area contributed by atoms with Crippen LogP contribution in [0.2, 0.25) is 0 Å². The molecule has 4 rings (SSSR count). The van der Waals surface area contributed by atoms with E-state index in [0.717, 1.165) is 28.4 Å². The van der Waals surface area contributed by atoms with Gasteiger partial charge in [-0.25, -0.2) is 28.1 Å². The number of amides is 1. The number of aromatic nitrogens is 4. The second kappa shape index (κ2) is 9.64. The fraction of sp³-hybridized carbons (Fsp3) is 0.409. The van der Waals surface area contributed by atoms with E-state index in [2.05, 4.69) is 25.3 Å². The number of anilines is 1. The van der Waals surface area contributed by atoms with Gasteiger partial charge in [0.15, 0.2) is 0 Å². The van der Waals surface area contributed by atoms with Gasteiger partial charge in [0, 0.05) is 37.6 Å². The smallest absolute Gasteiger partial charge is 0.352 e. The molecule has 1 saturated heterocycles. The summed E-state index contributed by atoms with van der Waals surface area (Å²) in [6.07, 6.45) is -2.67. The van der Waals surface area contributed by atoms with Crippen molar-refractivity contribution in [3.05, 3.63) is 52.8 Å². The summed E-state index contributed by atoms with van der Waals surface area (Å²) >= 11 is 1.08. The van der Waals surface area contributed by atoms with E-state index in [4.69, 9.17) is 0 Å². The summed E-state index contributed by atoms with van der Waals surface area (Å²) < 4.78 is 81.1. The lowest BCUT2D eigenvalue weighted by atomic mass is 9.88. The first-order valence-corrected chi connectivity index (χ1v) is 11.6. The van der Waals surface area contributed by atoms with Gasteiger partial charge in [-0.2, -0.15) is 13.2 Å². The van der Waals surface area contributed by atoms with Crippen molar-refractivity contribution in [1.29, 1.82) is 0 Å². The molecular formula is C22H20F6N6OS. The SMILES string of the molecule is Cc1nc(C(=O)N2CC(F)(F)CC(C)C2CNc2ncc(C(F)(F)F)cn2)c(-c2cc(F)ccn2)s1. The third kappa shape index (κ3) is 5.58. The maximum atomic E-state index is 14.5. The van der Waals surface area contributed by atoms with E-state index in [0.29, 0.717) is 17.4 Å². The van der Waals surface area contributed by atoms with E-state index >= 15 is 0 Å². The van der Waals surface area contributed by atoms with Gasteiger partial charge in [-0.3, -0.25) is 9.78 Å². The summed E-state index contributed by atoms with van der Waals surface area (Å²) in [7, 11) is 0. The Hall–Kier alpha value is -3.29. The van der Waals surface area contributed by atoms with Crippen LogP contribution < -0.4 is 5.32 Å². The van der Waals surface area contributed by atoms with Crippen molar-refractivity contribution in [3.63, 3.8) is 0 Å². The number of nitrogens with zero attached hydrogens (tertiary/aromatic N) is 5. The van der Waals surface area contributed by atoms with Crippen molar-refractivity contribution in [2.45, 2.75) is 38.4 Å². The molecule has 0 aliphatic carbocycles. The molecule has 2 atom stereocenters. The molecule has 0 aromatic carbocycles. The fourth-order valence-corrected chi connectivity index (χ4v) is 4.93. The molecule has 1 aliphatic heterocycles. The largest absolute Gasteiger partial charge is 0.419 e. The lowest BCUT2D eigenvalue weighted by Crippen LogP contribution is -2.57. The fourth-order valence-electron chi connectivity index (χ4n) is 4.05. The van der Waals surface area contributed by atoms with Gasteiger partial charge in [-0.15, -0.1) is 11.3 Å². The molecule has 3 aromatic heterocycles. The van der Waals surface area contributed by atoms with Crippen LogP contribution in [-0.2, 0) is 6.18 Å². The lowest BCUT2D eigenvalue weighted by Gasteiger charge is -2.43. The topological polar surface area (TPSA) is 83.9 Å². The van der Waals surface area contributed by atoms with Crippen molar-refractivity contribution in [2.75, 3.05) is 18.4 Å². The lowest BCUT2D eigenvalue weighted by molar-refractivity contribution is -0.138. The monoisotopic (exact) mass is 530 g/mol. The molecule has 192 valence electrons. The zero-order valence-corrected chi connectivity index (χ0v) is 19.8. The van der Waals surface area contributed by atoms with Crippen molar-refractivity contribution in [2.24, 2.45) is 5.92 Å². The zero-order chi connectivity index (χ0) is 26.3. The van der Waals surface area contributed by atoms with Crippen LogP contribution in [0.3, 0.4) is 0 Å². The van der Waals surface area contributed by atoms with Crippen LogP contribution in [0.1, 0.15) is 34.4 Å². The van der Waals surface area contributed by atoms with E-state index in [1.807, 2.05) is 0 Å². The van der Waals surface area contributed by atoms with Crippen molar-refractivity contribution < 1.29 is 31.1 Å². The molecule has 1 N–H and O–H groups in total. The molecule has 36 heavy (non-hydrogen) atoms. The second-order valence-electron chi connectivity index (χ2n) is 8.48. The zero-order valence-electron chi connectivity index (χ0n) is 19.0. The van der Waals surface area contributed by atoms with Gasteiger partial charge >= 0.3 is 6.18 Å². The first-order chi connectivity index (χ1) is 16.8. The van der Waals surface area contributed by atoms with Crippen LogP contribution in [0.15, 0.2) is 30.7 Å². The molecule has 2 unspecified atom stereocenters. The van der Waals surface area contributed by atoms with E-state index in [-0.39, 0.29) is 28.8 Å². The minimum absolute atomic E-state index is 0.0922. The molecule has 14 heteroatoms. The summed E-state index contributed by atoms with van der Waals surface area (Å²) in [4.78, 5) is 30.3. The Bertz CT molecular complexity index is 1250. The second-order valence-corrected chi connectivity index (χ2v) is 9.68. The molecule has 1 aliphatic rings. The number of carbonyl (C=O) groups excluding carboxylic acids is 1. The molecule has 0 saturated carbocycles. The van der Waals surface area contributed by atoms with Crippen LogP contribution in [-0.4, -0.2) is 55.8 Å². The van der Waals surface area contributed by atoms with Crippen molar-refractivity contribution in [1.82, 2.24) is 24.8 Å². The standard InChI is InChI=1S/C22H20F6N6OS/c1-11-6-21(24,25)10-34(16(11)9-32-20-30-7-13(8-31-20)22(26,27)28)19(35)17-18(36-12(2)33-17)15-5-14(23)3-4-29-15/h3-5,7-8,11,16H,6,9-10H2,1-2H3,(H,30,31,32). The number of hydrogen-bond donors (Lipinski definition) is 1. The highest BCUT2D eigenvalue weighted by atomic mass is 32.1. The highest BCUT2D eigenvalue weighted by Gasteiger charge is 2.47. The summed E-state index contributed by atoms with van der Waals surface area (Å²) in [6, 6.07) is 1.48. The number of rotatable bonds is 5. The Morgan fingerprint density at radius 1 is 1.25 bits per heavy atom. The Balaban J connectivity index is 1.61. The Labute approximate surface area is 205 Å². The minimum Gasteiger partial charge on any atom is -0.352 e. The van der Waals surface area contributed by atoms with Gasteiger partial charge in [-0.05, 0) is 18.9 Å². The van der Waals surface area contributed by atoms with Crippen molar-refractivity contribution >= 4 is 23.2 Å². The third-order valence-electron chi connectivity index (χ3n) is 5.68. The van der Waals surface area contributed by atoms with Crippen molar-refractivity contribution in [3.8, 4) is 10.6 Å². The van der Waals surface area contributed by atoms with Gasteiger partial charge in [0.05, 0.1) is 33.7 Å². The average molecular weight is 530 g/mol. The molecule has 7 nitrogen and oxygen atoms in total. The maximum Gasteiger partial charge on any atom is 0.419 e. The first kappa shape index (κ1) is 25.8. The number of alkyl halides is 5. The van der Waals surface area contributed by atoms with Crippen LogP contribution in [0.4, 0.5) is 32.3 Å². The average Bonchev–Trinajstić information content (AvgIpc) is 3.18. The maximum absolute atomic E-state index is 14.5.